The van der Waals surface area contributed by atoms with E-state index in [1.165, 1.54) is 16.7 Å². The minimum absolute atomic E-state index is 0.279. The number of halogens is 1. The summed E-state index contributed by atoms with van der Waals surface area (Å²) in [6.45, 7) is 1.59. The topological polar surface area (TPSA) is 40.6 Å². The third-order valence-electron chi connectivity index (χ3n) is 5.00. The standard InChI is InChI=1S/C22H21ClN2O2S/c23-17-12-6-7-13-18(17)25-21(26)19(24-14-8-1-2-9-15-24)20(22(25)27)28-16-10-4-3-5-11-16/h3-7,10-13H,1-2,8-9,14-15H2. The summed E-state index contributed by atoms with van der Waals surface area (Å²) in [7, 11) is 0. The van der Waals surface area contributed by atoms with Crippen LogP contribution in [0.3, 0.4) is 0 Å². The van der Waals surface area contributed by atoms with Crippen LogP contribution in [-0.4, -0.2) is 29.8 Å². The molecule has 4 nitrogen and oxygen atoms in total. The number of nitrogens with zero attached hydrogens (tertiary/aromatic N) is 2. The first-order chi connectivity index (χ1) is 13.7. The van der Waals surface area contributed by atoms with Crippen molar-refractivity contribution in [2.75, 3.05) is 18.0 Å². The normalized spacial score (nSPS) is 18.0. The van der Waals surface area contributed by atoms with Crippen molar-refractivity contribution in [1.82, 2.24) is 4.90 Å². The van der Waals surface area contributed by atoms with Gasteiger partial charge in [0.1, 0.15) is 10.6 Å². The summed E-state index contributed by atoms with van der Waals surface area (Å²) < 4.78 is 0. The number of amides is 2. The Morgan fingerprint density at radius 1 is 0.786 bits per heavy atom. The molecule has 0 radical (unpaired) electrons. The number of anilines is 1. The van der Waals surface area contributed by atoms with E-state index in [9.17, 15) is 9.59 Å². The van der Waals surface area contributed by atoms with Crippen LogP contribution in [-0.2, 0) is 9.59 Å². The average molecular weight is 413 g/mol. The molecule has 0 N–H and O–H groups in total. The second-order valence-electron chi connectivity index (χ2n) is 6.89. The highest BCUT2D eigenvalue weighted by Gasteiger charge is 2.43. The highest BCUT2D eigenvalue weighted by Crippen LogP contribution is 2.40. The number of para-hydroxylation sites is 1. The Labute approximate surface area is 174 Å². The maximum atomic E-state index is 13.4. The maximum absolute atomic E-state index is 13.4. The third-order valence-corrected chi connectivity index (χ3v) is 6.40. The van der Waals surface area contributed by atoms with Crippen LogP contribution >= 0.6 is 23.4 Å². The number of likely N-dealkylation sites (tertiary alicyclic amines) is 1. The molecule has 0 atom stereocenters. The first-order valence-corrected chi connectivity index (χ1v) is 10.7. The number of hydrogen-bond donors (Lipinski definition) is 0. The quantitative estimate of drug-likeness (QED) is 0.655. The molecule has 1 saturated heterocycles. The lowest BCUT2D eigenvalue weighted by Crippen LogP contribution is -2.35. The van der Waals surface area contributed by atoms with Crippen molar-refractivity contribution in [2.45, 2.75) is 30.6 Å². The predicted octanol–water partition coefficient (Wildman–Crippen LogP) is 5.09. The van der Waals surface area contributed by atoms with Gasteiger partial charge in [0.15, 0.2) is 0 Å². The smallest absolute Gasteiger partial charge is 0.283 e. The lowest BCUT2D eigenvalue weighted by atomic mass is 10.2. The van der Waals surface area contributed by atoms with Crippen LogP contribution in [0.1, 0.15) is 25.7 Å². The van der Waals surface area contributed by atoms with Crippen LogP contribution in [0.25, 0.3) is 0 Å². The van der Waals surface area contributed by atoms with E-state index in [4.69, 9.17) is 11.6 Å². The molecule has 0 spiro atoms. The van der Waals surface area contributed by atoms with E-state index in [1.807, 2.05) is 30.3 Å². The van der Waals surface area contributed by atoms with Gasteiger partial charge in [0.05, 0.1) is 10.7 Å². The van der Waals surface area contributed by atoms with E-state index >= 15 is 0 Å². The number of thioether (sulfide) groups is 1. The fourth-order valence-electron chi connectivity index (χ4n) is 3.62. The van der Waals surface area contributed by atoms with Crippen molar-refractivity contribution >= 4 is 40.9 Å². The molecule has 0 aliphatic carbocycles. The van der Waals surface area contributed by atoms with Crippen LogP contribution in [0, 0.1) is 0 Å². The number of hydrogen-bond acceptors (Lipinski definition) is 4. The first-order valence-electron chi connectivity index (χ1n) is 9.52. The lowest BCUT2D eigenvalue weighted by molar-refractivity contribution is -0.121. The van der Waals surface area contributed by atoms with Gasteiger partial charge in [-0.05, 0) is 37.1 Å². The van der Waals surface area contributed by atoms with Gasteiger partial charge < -0.3 is 4.90 Å². The van der Waals surface area contributed by atoms with Crippen molar-refractivity contribution in [1.29, 1.82) is 0 Å². The molecule has 2 amide bonds. The van der Waals surface area contributed by atoms with Crippen LogP contribution in [0.5, 0.6) is 0 Å². The Morgan fingerprint density at radius 3 is 2.11 bits per heavy atom. The lowest BCUT2D eigenvalue weighted by Gasteiger charge is -2.24. The maximum Gasteiger partial charge on any atom is 0.283 e. The number of rotatable bonds is 4. The molecule has 0 aromatic heterocycles. The first kappa shape index (κ1) is 19.1. The molecule has 2 heterocycles. The largest absolute Gasteiger partial charge is 0.366 e. The Morgan fingerprint density at radius 2 is 1.43 bits per heavy atom. The van der Waals surface area contributed by atoms with Crippen LogP contribution in [0.2, 0.25) is 5.02 Å². The molecule has 0 unspecified atom stereocenters. The minimum atomic E-state index is -0.300. The summed E-state index contributed by atoms with van der Waals surface area (Å²) in [5.41, 5.74) is 0.954. The molecule has 144 valence electrons. The summed E-state index contributed by atoms with van der Waals surface area (Å²) >= 11 is 7.68. The summed E-state index contributed by atoms with van der Waals surface area (Å²) in [4.78, 5) is 31.5. The van der Waals surface area contributed by atoms with Gasteiger partial charge in [-0.2, -0.15) is 0 Å². The Balaban J connectivity index is 1.76. The fraction of sp³-hybridized carbons (Fsp3) is 0.273. The summed E-state index contributed by atoms with van der Waals surface area (Å²) in [6, 6.07) is 16.7. The molecule has 2 aromatic rings. The van der Waals surface area contributed by atoms with E-state index in [0.29, 0.717) is 21.3 Å². The molecule has 0 bridgehead atoms. The third kappa shape index (κ3) is 3.69. The summed E-state index contributed by atoms with van der Waals surface area (Å²) in [5, 5.41) is 0.394. The molecule has 2 aromatic carbocycles. The zero-order valence-corrected chi connectivity index (χ0v) is 17.0. The number of benzene rings is 2. The SMILES string of the molecule is O=C1C(Sc2ccccc2)=C(N2CCCCCC2)C(=O)N1c1ccccc1Cl. The molecule has 4 rings (SSSR count). The molecule has 0 saturated carbocycles. The van der Waals surface area contributed by atoms with E-state index in [-0.39, 0.29) is 11.8 Å². The minimum Gasteiger partial charge on any atom is -0.366 e. The van der Waals surface area contributed by atoms with Crippen molar-refractivity contribution in [3.05, 3.63) is 70.2 Å². The Kier molecular flexibility index (Phi) is 5.74. The summed E-state index contributed by atoms with van der Waals surface area (Å²) in [5.74, 6) is -0.579. The monoisotopic (exact) mass is 412 g/mol. The van der Waals surface area contributed by atoms with E-state index in [2.05, 4.69) is 4.90 Å². The van der Waals surface area contributed by atoms with Crippen molar-refractivity contribution in [2.24, 2.45) is 0 Å². The van der Waals surface area contributed by atoms with E-state index < -0.39 is 0 Å². The van der Waals surface area contributed by atoms with Crippen LogP contribution < -0.4 is 4.90 Å². The fourth-order valence-corrected chi connectivity index (χ4v) is 4.86. The second-order valence-corrected chi connectivity index (χ2v) is 8.38. The number of carbonyl (C=O) groups is 2. The summed E-state index contributed by atoms with van der Waals surface area (Å²) in [6.07, 6.45) is 4.36. The van der Waals surface area contributed by atoms with Gasteiger partial charge in [0, 0.05) is 18.0 Å². The zero-order chi connectivity index (χ0) is 19.5. The number of imide groups is 1. The number of carbonyl (C=O) groups excluding carboxylic acids is 2. The van der Waals surface area contributed by atoms with Crippen LogP contribution in [0.15, 0.2) is 70.1 Å². The van der Waals surface area contributed by atoms with E-state index in [0.717, 1.165) is 43.7 Å². The van der Waals surface area contributed by atoms with Gasteiger partial charge in [-0.3, -0.25) is 9.59 Å². The van der Waals surface area contributed by atoms with Crippen LogP contribution in [0.4, 0.5) is 5.69 Å². The van der Waals surface area contributed by atoms with Gasteiger partial charge in [0.25, 0.3) is 11.8 Å². The van der Waals surface area contributed by atoms with Crippen molar-refractivity contribution < 1.29 is 9.59 Å². The predicted molar refractivity (Wildman–Crippen MR) is 113 cm³/mol. The molecular formula is C22H21ClN2O2S. The second kappa shape index (κ2) is 8.41. The van der Waals surface area contributed by atoms with Gasteiger partial charge in [0.2, 0.25) is 0 Å². The molecule has 2 aliphatic rings. The molecule has 28 heavy (non-hydrogen) atoms. The van der Waals surface area contributed by atoms with Gasteiger partial charge in [-0.15, -0.1) is 0 Å². The Hall–Kier alpha value is -2.24. The van der Waals surface area contributed by atoms with Gasteiger partial charge in [-0.1, -0.05) is 66.5 Å². The highest BCUT2D eigenvalue weighted by atomic mass is 35.5. The Bertz CT molecular complexity index is 921. The van der Waals surface area contributed by atoms with Gasteiger partial charge >= 0.3 is 0 Å². The zero-order valence-electron chi connectivity index (χ0n) is 15.4. The van der Waals surface area contributed by atoms with Crippen molar-refractivity contribution in [3.8, 4) is 0 Å². The van der Waals surface area contributed by atoms with E-state index in [1.54, 1.807) is 24.3 Å². The molecule has 2 aliphatic heterocycles. The molecule has 1 fully saturated rings. The molecule has 6 heteroatoms. The highest BCUT2D eigenvalue weighted by molar-refractivity contribution is 8.04. The van der Waals surface area contributed by atoms with Gasteiger partial charge in [-0.25, -0.2) is 4.90 Å². The van der Waals surface area contributed by atoms with Crippen molar-refractivity contribution in [3.63, 3.8) is 0 Å². The molecular weight excluding hydrogens is 392 g/mol. The average Bonchev–Trinajstić information content (AvgIpc) is 2.89.